The number of benzene rings is 2. The maximum Gasteiger partial charge on any atom is 0.420 e. The summed E-state index contributed by atoms with van der Waals surface area (Å²) in [5, 5.41) is 2.68. The highest BCUT2D eigenvalue weighted by molar-refractivity contribution is 5.94. The number of imidazole rings is 1. The van der Waals surface area contributed by atoms with E-state index in [-0.39, 0.29) is 31.7 Å². The first-order valence-electron chi connectivity index (χ1n) is 14.3. The second-order valence-corrected chi connectivity index (χ2v) is 12.3. The van der Waals surface area contributed by atoms with Crippen molar-refractivity contribution >= 4 is 29.1 Å². The lowest BCUT2D eigenvalue weighted by atomic mass is 10.1. The van der Waals surface area contributed by atoms with E-state index >= 15 is 0 Å². The first kappa shape index (κ1) is 32.1. The van der Waals surface area contributed by atoms with Crippen molar-refractivity contribution in [2.45, 2.75) is 72.3 Å². The van der Waals surface area contributed by atoms with Crippen LogP contribution < -0.4 is 5.32 Å². The summed E-state index contributed by atoms with van der Waals surface area (Å²) >= 11 is 0. The topological polar surface area (TPSA) is 116 Å². The normalized spacial score (nSPS) is 11.7. The zero-order valence-corrected chi connectivity index (χ0v) is 25.9. The number of rotatable bonds is 8. The van der Waals surface area contributed by atoms with Gasteiger partial charge in [0.15, 0.2) is 0 Å². The molecule has 2 aromatic carbocycles. The highest BCUT2D eigenvalue weighted by Crippen LogP contribution is 2.21. The lowest BCUT2D eigenvalue weighted by Gasteiger charge is -2.27. The molecule has 11 heteroatoms. The smallest absolute Gasteiger partial charge is 0.420 e. The second-order valence-electron chi connectivity index (χ2n) is 12.3. The van der Waals surface area contributed by atoms with Gasteiger partial charge in [0.2, 0.25) is 0 Å². The van der Waals surface area contributed by atoms with Gasteiger partial charge in [-0.1, -0.05) is 24.3 Å². The fourth-order valence-electron chi connectivity index (χ4n) is 4.40. The second kappa shape index (κ2) is 13.2. The third-order valence-corrected chi connectivity index (χ3v) is 6.28. The minimum absolute atomic E-state index is 0.0710. The molecule has 0 spiro atoms. The van der Waals surface area contributed by atoms with E-state index in [1.54, 1.807) is 71.9 Å². The van der Waals surface area contributed by atoms with Gasteiger partial charge in [-0.2, -0.15) is 0 Å². The molecule has 2 heterocycles. The van der Waals surface area contributed by atoms with Gasteiger partial charge in [0.1, 0.15) is 22.8 Å². The summed E-state index contributed by atoms with van der Waals surface area (Å²) in [6, 6.07) is 16.8. The molecule has 2 aromatic heterocycles. The minimum atomic E-state index is -0.749. The van der Waals surface area contributed by atoms with Crippen LogP contribution in [0, 0.1) is 5.82 Å². The lowest BCUT2D eigenvalue weighted by Crippen LogP contribution is -2.38. The van der Waals surface area contributed by atoms with Crippen LogP contribution in [-0.2, 0) is 29.0 Å². The Labute approximate surface area is 256 Å². The summed E-state index contributed by atoms with van der Waals surface area (Å²) < 4.78 is 26.7. The van der Waals surface area contributed by atoms with E-state index < -0.39 is 35.1 Å². The van der Waals surface area contributed by atoms with Gasteiger partial charge in [-0.15, -0.1) is 0 Å². The minimum Gasteiger partial charge on any atom is -0.444 e. The Morgan fingerprint density at radius 2 is 1.66 bits per heavy atom. The Kier molecular flexibility index (Phi) is 9.66. The van der Waals surface area contributed by atoms with Crippen molar-refractivity contribution in [3.63, 3.8) is 0 Å². The molecule has 0 fully saturated rings. The van der Waals surface area contributed by atoms with E-state index in [4.69, 9.17) is 9.47 Å². The van der Waals surface area contributed by atoms with Gasteiger partial charge in [-0.25, -0.2) is 23.5 Å². The number of hydrogen-bond donors (Lipinski definition) is 1. The summed E-state index contributed by atoms with van der Waals surface area (Å²) in [6.45, 7) is 10.9. The Hall–Kier alpha value is -4.80. The number of aromatic nitrogens is 3. The highest BCUT2D eigenvalue weighted by Gasteiger charge is 2.26. The van der Waals surface area contributed by atoms with Crippen molar-refractivity contribution in [2.75, 3.05) is 6.54 Å². The third kappa shape index (κ3) is 8.62. The summed E-state index contributed by atoms with van der Waals surface area (Å²) in [4.78, 5) is 49.5. The maximum atomic E-state index is 13.9. The molecule has 0 saturated carbocycles. The maximum absolute atomic E-state index is 13.9. The molecule has 0 aliphatic rings. The van der Waals surface area contributed by atoms with Crippen LogP contribution in [-0.4, -0.2) is 55.3 Å². The molecule has 232 valence electrons. The number of carbonyl (C=O) groups excluding carboxylic acids is 3. The molecule has 4 rings (SSSR count). The van der Waals surface area contributed by atoms with Gasteiger partial charge in [-0.05, 0) is 83.5 Å². The number of ether oxygens (including phenoxy) is 2. The van der Waals surface area contributed by atoms with Crippen LogP contribution in [0.2, 0.25) is 0 Å². The molecular weight excluding hydrogens is 565 g/mol. The molecule has 4 aromatic rings. The zero-order chi connectivity index (χ0) is 32.1. The monoisotopic (exact) mass is 603 g/mol. The van der Waals surface area contributed by atoms with Crippen molar-refractivity contribution in [1.82, 2.24) is 24.8 Å². The molecule has 2 amide bonds. The largest absolute Gasteiger partial charge is 0.444 e. The van der Waals surface area contributed by atoms with Crippen molar-refractivity contribution in [3.8, 4) is 0 Å². The number of amides is 2. The molecule has 1 N–H and O–H groups in total. The average molecular weight is 604 g/mol. The van der Waals surface area contributed by atoms with Crippen LogP contribution in [0.1, 0.15) is 69.0 Å². The third-order valence-electron chi connectivity index (χ3n) is 6.28. The van der Waals surface area contributed by atoms with E-state index in [2.05, 4.69) is 15.3 Å². The molecular formula is C33H38FN5O5. The standard InChI is InChI=1S/C33H38FN5O5/c1-32(2,3)43-30(41)38(18-16-28-37-25-14-7-8-15-27(25)39(28)31(42)44-33(4,5)6)21-22-11-9-12-23(19-22)29(40)36-20-26-24(34)13-10-17-35-26/h7-15,17,19H,16,18,20-21H2,1-6H3,(H,36,40). The van der Waals surface area contributed by atoms with Crippen LogP contribution >= 0.6 is 0 Å². The predicted molar refractivity (Wildman–Crippen MR) is 164 cm³/mol. The molecule has 0 unspecified atom stereocenters. The van der Waals surface area contributed by atoms with Crippen molar-refractivity contribution < 1.29 is 28.2 Å². The number of hydrogen-bond acceptors (Lipinski definition) is 7. The fraction of sp³-hybridized carbons (Fsp3) is 0.364. The summed E-state index contributed by atoms with van der Waals surface area (Å²) in [5.41, 5.74) is 0.909. The average Bonchev–Trinajstić information content (AvgIpc) is 3.31. The summed E-state index contributed by atoms with van der Waals surface area (Å²) in [6.07, 6.45) is 0.564. The van der Waals surface area contributed by atoms with Crippen LogP contribution in [0.3, 0.4) is 0 Å². The van der Waals surface area contributed by atoms with E-state index in [1.807, 2.05) is 18.2 Å². The van der Waals surface area contributed by atoms with Crippen molar-refractivity contribution in [2.24, 2.45) is 0 Å². The number of carbonyl (C=O) groups is 3. The molecule has 0 radical (unpaired) electrons. The Bertz CT molecular complexity index is 1650. The van der Waals surface area contributed by atoms with E-state index in [1.165, 1.54) is 27.8 Å². The van der Waals surface area contributed by atoms with Gasteiger partial charge in [0.25, 0.3) is 5.91 Å². The Balaban J connectivity index is 1.55. The number of nitrogens with zero attached hydrogens (tertiary/aromatic N) is 4. The Morgan fingerprint density at radius 3 is 2.36 bits per heavy atom. The van der Waals surface area contributed by atoms with Gasteiger partial charge in [0.05, 0.1) is 23.3 Å². The number of nitrogens with one attached hydrogen (secondary N) is 1. The lowest BCUT2D eigenvalue weighted by molar-refractivity contribution is 0.0235. The summed E-state index contributed by atoms with van der Waals surface area (Å²) in [7, 11) is 0. The van der Waals surface area contributed by atoms with Crippen LogP contribution in [0.25, 0.3) is 11.0 Å². The van der Waals surface area contributed by atoms with Crippen LogP contribution in [0.4, 0.5) is 14.0 Å². The van der Waals surface area contributed by atoms with E-state index in [0.717, 1.165) is 0 Å². The molecule has 0 atom stereocenters. The van der Waals surface area contributed by atoms with Crippen molar-refractivity contribution in [3.05, 3.63) is 95.3 Å². The zero-order valence-electron chi connectivity index (χ0n) is 25.9. The van der Waals surface area contributed by atoms with Crippen LogP contribution in [0.5, 0.6) is 0 Å². The first-order valence-corrected chi connectivity index (χ1v) is 14.3. The molecule has 0 aliphatic heterocycles. The highest BCUT2D eigenvalue weighted by atomic mass is 19.1. The predicted octanol–water partition coefficient (Wildman–Crippen LogP) is 6.26. The molecule has 0 aliphatic carbocycles. The number of pyridine rings is 1. The quantitative estimate of drug-likeness (QED) is 0.253. The van der Waals surface area contributed by atoms with Gasteiger partial charge in [0, 0.05) is 31.3 Å². The number of fused-ring (bicyclic) bond motifs is 1. The van der Waals surface area contributed by atoms with E-state index in [0.29, 0.717) is 28.0 Å². The van der Waals surface area contributed by atoms with Crippen molar-refractivity contribution in [1.29, 1.82) is 0 Å². The molecule has 0 saturated heterocycles. The SMILES string of the molecule is CC(C)(C)OC(=O)N(CCc1nc2ccccc2n1C(=O)OC(C)(C)C)Cc1cccc(C(=O)NCc2ncccc2F)c1. The van der Waals surface area contributed by atoms with E-state index in [9.17, 15) is 18.8 Å². The molecule has 0 bridgehead atoms. The van der Waals surface area contributed by atoms with Gasteiger partial charge >= 0.3 is 12.2 Å². The number of para-hydroxylation sites is 2. The van der Waals surface area contributed by atoms with Crippen LogP contribution in [0.15, 0.2) is 66.9 Å². The van der Waals surface area contributed by atoms with Gasteiger partial charge < -0.3 is 19.7 Å². The number of halogens is 1. The molecule has 10 nitrogen and oxygen atoms in total. The first-order chi connectivity index (χ1) is 20.7. The molecule has 44 heavy (non-hydrogen) atoms. The summed E-state index contributed by atoms with van der Waals surface area (Å²) in [5.74, 6) is -0.481. The fourth-order valence-corrected chi connectivity index (χ4v) is 4.40. The van der Waals surface area contributed by atoms with Gasteiger partial charge in [-0.3, -0.25) is 9.78 Å². The Morgan fingerprint density at radius 1 is 0.932 bits per heavy atom.